The number of hydrogen-bond acceptors (Lipinski definition) is 5. The lowest BCUT2D eigenvalue weighted by molar-refractivity contribution is 0.229. The highest BCUT2D eigenvalue weighted by atomic mass is 16.2. The number of hydrogen-bond donors (Lipinski definition) is 1. The molecule has 1 N–H and O–H groups in total. The Balaban J connectivity index is 1.23. The van der Waals surface area contributed by atoms with Crippen molar-refractivity contribution in [3.8, 4) is 5.69 Å². The average Bonchev–Trinajstić information content (AvgIpc) is 3.75. The lowest BCUT2D eigenvalue weighted by Crippen LogP contribution is -2.38. The van der Waals surface area contributed by atoms with Crippen molar-refractivity contribution in [3.63, 3.8) is 0 Å². The van der Waals surface area contributed by atoms with Crippen LogP contribution in [0, 0.1) is 5.92 Å². The maximum Gasteiger partial charge on any atom is 0.325 e. The molecule has 8 nitrogen and oxygen atoms in total. The first-order chi connectivity index (χ1) is 16.4. The second-order valence-electron chi connectivity index (χ2n) is 10.3. The molecule has 3 heterocycles. The Morgan fingerprint density at radius 3 is 2.71 bits per heavy atom. The van der Waals surface area contributed by atoms with Crippen LogP contribution in [-0.2, 0) is 5.54 Å². The van der Waals surface area contributed by atoms with Crippen molar-refractivity contribution < 1.29 is 4.79 Å². The molecular weight excluding hydrogens is 426 g/mol. The van der Waals surface area contributed by atoms with E-state index in [1.54, 1.807) is 16.0 Å². The van der Waals surface area contributed by atoms with Crippen LogP contribution in [-0.4, -0.2) is 50.1 Å². The number of benzene rings is 1. The number of nitrogens with one attached hydrogen (secondary N) is 1. The fourth-order valence-corrected chi connectivity index (χ4v) is 4.94. The van der Waals surface area contributed by atoms with E-state index in [0.717, 1.165) is 30.1 Å². The largest absolute Gasteiger partial charge is 0.343 e. The molecule has 0 radical (unpaired) electrons. The first kappa shape index (κ1) is 21.1. The summed E-state index contributed by atoms with van der Waals surface area (Å²) in [6, 6.07) is 10.7. The molecule has 1 unspecified atom stereocenters. The van der Waals surface area contributed by atoms with E-state index in [-0.39, 0.29) is 17.6 Å². The third kappa shape index (κ3) is 3.71. The highest BCUT2D eigenvalue weighted by Gasteiger charge is 2.47. The summed E-state index contributed by atoms with van der Waals surface area (Å²) in [5.41, 5.74) is 3.30. The second kappa shape index (κ2) is 7.82. The zero-order valence-electron chi connectivity index (χ0n) is 20.0. The van der Waals surface area contributed by atoms with E-state index < -0.39 is 0 Å². The highest BCUT2D eigenvalue weighted by Crippen LogP contribution is 2.47. The van der Waals surface area contributed by atoms with Gasteiger partial charge in [-0.25, -0.2) is 14.8 Å². The quantitative estimate of drug-likeness (QED) is 0.564. The average molecular weight is 458 g/mol. The van der Waals surface area contributed by atoms with E-state index in [2.05, 4.69) is 59.2 Å². The topological polar surface area (TPSA) is 79.2 Å². The standard InChI is InChI=1S/C26H31N7O/c1-17(2)21-14-31(3)25(34)33(21)23-9-12-27-24(29-23)30-26(10-11-26)22-15-32(16-28-22)20-6-4-5-19(13-20)18-7-8-18/h4-6,9,12-13,15-18,21H,7-8,10-11,14H2,1-3H3,(H,27,29,30). The Bertz CT molecular complexity index is 1230. The molecule has 6 rings (SSSR count). The van der Waals surface area contributed by atoms with E-state index in [4.69, 9.17) is 9.97 Å². The number of urea groups is 1. The van der Waals surface area contributed by atoms with Gasteiger partial charge in [0.2, 0.25) is 5.95 Å². The Morgan fingerprint density at radius 2 is 1.97 bits per heavy atom. The summed E-state index contributed by atoms with van der Waals surface area (Å²) in [7, 11) is 1.84. The number of rotatable bonds is 7. The third-order valence-corrected chi connectivity index (χ3v) is 7.37. The number of likely N-dealkylation sites (N-methyl/N-ethyl adjacent to an activating group) is 1. The number of nitrogens with zero attached hydrogens (tertiary/aromatic N) is 6. The van der Waals surface area contributed by atoms with E-state index in [1.807, 2.05) is 19.4 Å². The van der Waals surface area contributed by atoms with Gasteiger partial charge < -0.3 is 14.8 Å². The molecule has 1 aliphatic heterocycles. The van der Waals surface area contributed by atoms with Gasteiger partial charge in [0, 0.05) is 31.7 Å². The molecule has 2 aliphatic carbocycles. The molecule has 3 aromatic rings. The van der Waals surface area contributed by atoms with Crippen LogP contribution in [0.15, 0.2) is 49.1 Å². The van der Waals surface area contributed by atoms with Crippen molar-refractivity contribution in [1.82, 2.24) is 24.4 Å². The van der Waals surface area contributed by atoms with Crippen LogP contribution in [0.5, 0.6) is 0 Å². The first-order valence-corrected chi connectivity index (χ1v) is 12.2. The summed E-state index contributed by atoms with van der Waals surface area (Å²) in [6.07, 6.45) is 10.3. The van der Waals surface area contributed by atoms with E-state index >= 15 is 0 Å². The Labute approximate surface area is 200 Å². The minimum atomic E-state index is -0.263. The number of anilines is 2. The summed E-state index contributed by atoms with van der Waals surface area (Å²) in [5, 5.41) is 3.53. The molecule has 2 amide bonds. The van der Waals surface area contributed by atoms with Crippen LogP contribution in [0.1, 0.15) is 56.7 Å². The van der Waals surface area contributed by atoms with Gasteiger partial charge in [-0.05, 0) is 61.3 Å². The van der Waals surface area contributed by atoms with Gasteiger partial charge in [-0.2, -0.15) is 4.98 Å². The fourth-order valence-electron chi connectivity index (χ4n) is 4.94. The molecule has 2 saturated carbocycles. The number of carbonyl (C=O) groups is 1. The monoisotopic (exact) mass is 457 g/mol. The first-order valence-electron chi connectivity index (χ1n) is 12.2. The van der Waals surface area contributed by atoms with Crippen LogP contribution in [0.25, 0.3) is 5.69 Å². The van der Waals surface area contributed by atoms with Gasteiger partial charge in [-0.15, -0.1) is 0 Å². The Kier molecular flexibility index (Phi) is 4.86. The van der Waals surface area contributed by atoms with Crippen LogP contribution >= 0.6 is 0 Å². The van der Waals surface area contributed by atoms with Gasteiger partial charge in [0.05, 0.1) is 23.6 Å². The van der Waals surface area contributed by atoms with Gasteiger partial charge in [-0.1, -0.05) is 26.0 Å². The molecule has 1 saturated heterocycles. The van der Waals surface area contributed by atoms with Crippen molar-refractivity contribution in [2.24, 2.45) is 5.92 Å². The summed E-state index contributed by atoms with van der Waals surface area (Å²) in [4.78, 5) is 30.3. The van der Waals surface area contributed by atoms with Crippen molar-refractivity contribution in [2.45, 2.75) is 57.0 Å². The predicted octanol–water partition coefficient (Wildman–Crippen LogP) is 4.54. The predicted molar refractivity (Wildman–Crippen MR) is 131 cm³/mol. The van der Waals surface area contributed by atoms with Crippen LogP contribution in [0.3, 0.4) is 0 Å². The van der Waals surface area contributed by atoms with E-state index in [1.165, 1.54) is 18.4 Å². The summed E-state index contributed by atoms with van der Waals surface area (Å²) in [6.45, 7) is 4.98. The molecule has 0 bridgehead atoms. The van der Waals surface area contributed by atoms with Crippen molar-refractivity contribution >= 4 is 17.8 Å². The fraction of sp³-hybridized carbons (Fsp3) is 0.462. The van der Waals surface area contributed by atoms with Gasteiger partial charge in [0.25, 0.3) is 0 Å². The molecule has 1 atom stereocenters. The van der Waals surface area contributed by atoms with Gasteiger partial charge in [-0.3, -0.25) is 4.90 Å². The Morgan fingerprint density at radius 1 is 1.15 bits per heavy atom. The molecule has 176 valence electrons. The normalized spacial score (nSPS) is 21.4. The summed E-state index contributed by atoms with van der Waals surface area (Å²) >= 11 is 0. The number of amides is 2. The van der Waals surface area contributed by atoms with E-state index in [9.17, 15) is 4.79 Å². The second-order valence-corrected chi connectivity index (χ2v) is 10.3. The zero-order chi connectivity index (χ0) is 23.4. The molecule has 0 spiro atoms. The van der Waals surface area contributed by atoms with Crippen molar-refractivity contribution in [1.29, 1.82) is 0 Å². The zero-order valence-corrected chi connectivity index (χ0v) is 20.0. The molecule has 34 heavy (non-hydrogen) atoms. The molecule has 2 aromatic heterocycles. The molecule has 3 aliphatic rings. The van der Waals surface area contributed by atoms with E-state index in [0.29, 0.717) is 24.2 Å². The minimum Gasteiger partial charge on any atom is -0.343 e. The smallest absolute Gasteiger partial charge is 0.325 e. The Hall–Kier alpha value is -3.42. The van der Waals surface area contributed by atoms with Crippen molar-refractivity contribution in [2.75, 3.05) is 23.8 Å². The maximum absolute atomic E-state index is 12.8. The van der Waals surface area contributed by atoms with Crippen LogP contribution in [0.2, 0.25) is 0 Å². The minimum absolute atomic E-state index is 0.0170. The van der Waals surface area contributed by atoms with Gasteiger partial charge in [0.1, 0.15) is 5.82 Å². The van der Waals surface area contributed by atoms with Crippen LogP contribution in [0.4, 0.5) is 16.6 Å². The maximum atomic E-state index is 12.8. The SMILES string of the molecule is CC(C)C1CN(C)C(=O)N1c1ccnc(NC2(c3cn(-c4cccc(C5CC5)c4)cn3)CC2)n1. The molecule has 3 fully saturated rings. The lowest BCUT2D eigenvalue weighted by atomic mass is 10.0. The molecule has 1 aromatic carbocycles. The number of aromatic nitrogens is 4. The number of imidazole rings is 1. The summed E-state index contributed by atoms with van der Waals surface area (Å²) in [5.74, 6) is 2.23. The lowest BCUT2D eigenvalue weighted by Gasteiger charge is -2.25. The van der Waals surface area contributed by atoms with Crippen molar-refractivity contribution in [3.05, 3.63) is 60.3 Å². The molecule has 8 heteroatoms. The van der Waals surface area contributed by atoms with Crippen LogP contribution < -0.4 is 10.2 Å². The van der Waals surface area contributed by atoms with Gasteiger partial charge >= 0.3 is 6.03 Å². The summed E-state index contributed by atoms with van der Waals surface area (Å²) < 4.78 is 2.10. The number of carbonyl (C=O) groups excluding carboxylic acids is 1. The van der Waals surface area contributed by atoms with Gasteiger partial charge in [0.15, 0.2) is 0 Å². The molecular formula is C26H31N7O. The third-order valence-electron chi connectivity index (χ3n) is 7.37. The highest BCUT2D eigenvalue weighted by molar-refractivity contribution is 5.94.